The first-order valence-electron chi connectivity index (χ1n) is 0.756. The van der Waals surface area contributed by atoms with E-state index in [2.05, 4.69) is 0 Å². The fraction of sp³-hybridized carbons (Fsp3) is 0. The molecular formula is H12Cl4O6Ti. The molecular weight excluding hydrogens is 286 g/mol. The first-order chi connectivity index (χ1) is 2.00. The van der Waals surface area contributed by atoms with Crippen molar-refractivity contribution < 1.29 is 45.2 Å². The molecule has 0 aliphatic heterocycles. The Bertz CT molecular complexity index is 30.1. The van der Waals surface area contributed by atoms with Crippen molar-refractivity contribution in [2.45, 2.75) is 0 Å². The molecule has 0 amide bonds. The van der Waals surface area contributed by atoms with Gasteiger partial charge in [0, 0.05) is 0 Å². The first-order valence-corrected chi connectivity index (χ1v) is 9.35. The van der Waals surface area contributed by atoms with Gasteiger partial charge in [0.15, 0.2) is 0 Å². The van der Waals surface area contributed by atoms with Crippen LogP contribution in [0.4, 0.5) is 0 Å². The van der Waals surface area contributed by atoms with Crippen LogP contribution in [0, 0.1) is 0 Å². The maximum atomic E-state index is 5.01. The van der Waals surface area contributed by atoms with Crippen LogP contribution >= 0.6 is 37.2 Å². The molecule has 0 saturated heterocycles. The Kier molecular flexibility index (Phi) is 111. The molecule has 0 aromatic carbocycles. The summed E-state index contributed by atoms with van der Waals surface area (Å²) in [6.45, 7) is 0. The molecule has 0 saturated carbocycles. The molecule has 0 bridgehead atoms. The molecule has 0 heterocycles. The van der Waals surface area contributed by atoms with Crippen LogP contribution in [0.3, 0.4) is 0 Å². The van der Waals surface area contributed by atoms with E-state index in [-0.39, 0.29) is 32.9 Å². The van der Waals surface area contributed by atoms with Crippen molar-refractivity contribution in [3.05, 3.63) is 0 Å². The van der Waals surface area contributed by atoms with Gasteiger partial charge in [-0.1, -0.05) is 0 Å². The van der Waals surface area contributed by atoms with Crippen molar-refractivity contribution in [1.29, 1.82) is 0 Å². The van der Waals surface area contributed by atoms with Crippen LogP contribution in [0.2, 0.25) is 0 Å². The molecule has 11 heteroatoms. The van der Waals surface area contributed by atoms with Crippen molar-refractivity contribution in [2.24, 2.45) is 0 Å². The second-order valence-electron chi connectivity index (χ2n) is 0.429. The van der Waals surface area contributed by atoms with Gasteiger partial charge in [0.05, 0.1) is 0 Å². The molecule has 0 unspecified atom stereocenters. The Hall–Kier alpha value is 1.63. The Morgan fingerprint density at radius 3 is 0.455 bits per heavy atom. The van der Waals surface area contributed by atoms with Gasteiger partial charge in [-0.05, 0) is 0 Å². The van der Waals surface area contributed by atoms with Gasteiger partial charge in [-0.25, -0.2) is 0 Å². The average molecular weight is 298 g/mol. The molecule has 80 valence electrons. The summed E-state index contributed by atoms with van der Waals surface area (Å²) in [7, 11) is 20.1. The van der Waals surface area contributed by atoms with E-state index in [0.717, 1.165) is 0 Å². The summed E-state index contributed by atoms with van der Waals surface area (Å²) in [5.41, 5.74) is 0. The Morgan fingerprint density at radius 2 is 0.455 bits per heavy atom. The quantitative estimate of drug-likeness (QED) is 0.439. The molecule has 0 rings (SSSR count). The van der Waals surface area contributed by atoms with E-state index in [9.17, 15) is 0 Å². The topological polar surface area (TPSA) is 189 Å². The molecule has 0 spiro atoms. The molecule has 0 fully saturated rings. The monoisotopic (exact) mass is 296 g/mol. The van der Waals surface area contributed by atoms with E-state index in [1.165, 1.54) is 0 Å². The van der Waals surface area contributed by atoms with Gasteiger partial charge >= 0.3 is 49.6 Å². The average Bonchev–Trinajstić information content (AvgIpc) is 0.722. The zero-order valence-electron chi connectivity index (χ0n) is 5.01. The second kappa shape index (κ2) is 22.6. The SMILES string of the molecule is O.O.O.O.O.O.[Cl][Ti]([Cl])([Cl])[Cl]. The Balaban J connectivity index is -0.00000000533. The van der Waals surface area contributed by atoms with Crippen LogP contribution in [-0.4, -0.2) is 32.9 Å². The Morgan fingerprint density at radius 1 is 0.455 bits per heavy atom. The third-order valence-electron chi connectivity index (χ3n) is 0. The number of hydrogen-bond donors (Lipinski definition) is 0. The normalized spacial score (nSPS) is 5.45. The summed E-state index contributed by atoms with van der Waals surface area (Å²) >= 11 is -3.11. The molecule has 0 aliphatic carbocycles. The van der Waals surface area contributed by atoms with E-state index >= 15 is 0 Å². The van der Waals surface area contributed by atoms with Crippen LogP contribution in [-0.2, 0) is 12.3 Å². The predicted octanol–water partition coefficient (Wildman–Crippen LogP) is -2.19. The second-order valence-corrected chi connectivity index (χ2v) is 15.9. The van der Waals surface area contributed by atoms with Crippen molar-refractivity contribution in [1.82, 2.24) is 0 Å². The molecule has 0 radical (unpaired) electrons. The minimum atomic E-state index is -3.11. The van der Waals surface area contributed by atoms with Crippen LogP contribution in [0.25, 0.3) is 0 Å². The first kappa shape index (κ1) is 53.9. The van der Waals surface area contributed by atoms with Gasteiger partial charge in [0.2, 0.25) is 0 Å². The molecule has 0 atom stereocenters. The maximum absolute atomic E-state index is 5.01. The fourth-order valence-corrected chi connectivity index (χ4v) is 0. The van der Waals surface area contributed by atoms with Gasteiger partial charge in [-0.2, -0.15) is 0 Å². The van der Waals surface area contributed by atoms with Crippen LogP contribution < -0.4 is 0 Å². The van der Waals surface area contributed by atoms with Crippen molar-refractivity contribution in [3.8, 4) is 0 Å². The predicted molar refractivity (Wildman–Crippen MR) is 45.1 cm³/mol. The zero-order chi connectivity index (χ0) is 4.50. The fourth-order valence-electron chi connectivity index (χ4n) is 0. The van der Waals surface area contributed by atoms with E-state index in [1.54, 1.807) is 0 Å². The van der Waals surface area contributed by atoms with Gasteiger partial charge < -0.3 is 32.9 Å². The summed E-state index contributed by atoms with van der Waals surface area (Å²) in [6.07, 6.45) is 0. The minimum absolute atomic E-state index is 0. The molecule has 0 aromatic rings. The van der Waals surface area contributed by atoms with Crippen LogP contribution in [0.1, 0.15) is 0 Å². The molecule has 11 heavy (non-hydrogen) atoms. The van der Waals surface area contributed by atoms with E-state index in [4.69, 9.17) is 37.2 Å². The van der Waals surface area contributed by atoms with Crippen molar-refractivity contribution in [3.63, 3.8) is 0 Å². The summed E-state index contributed by atoms with van der Waals surface area (Å²) < 4.78 is 0. The third kappa shape index (κ3) is 404. The molecule has 12 N–H and O–H groups in total. The molecule has 0 aliphatic rings. The number of halogens is 4. The third-order valence-corrected chi connectivity index (χ3v) is 0. The molecule has 6 nitrogen and oxygen atoms in total. The zero-order valence-corrected chi connectivity index (χ0v) is 9.60. The van der Waals surface area contributed by atoms with Crippen LogP contribution in [0.15, 0.2) is 0 Å². The molecule has 0 aromatic heterocycles. The Labute approximate surface area is 82.1 Å². The van der Waals surface area contributed by atoms with E-state index < -0.39 is 12.3 Å². The summed E-state index contributed by atoms with van der Waals surface area (Å²) in [4.78, 5) is 0. The van der Waals surface area contributed by atoms with E-state index in [0.29, 0.717) is 0 Å². The number of hydrogen-bond acceptors (Lipinski definition) is 0. The standard InChI is InChI=1S/4ClH.6H2O.Ti/h4*1H;6*1H2;/q;;;;;;;;;;+4/p-4. The van der Waals surface area contributed by atoms with Crippen LogP contribution in [0.5, 0.6) is 0 Å². The summed E-state index contributed by atoms with van der Waals surface area (Å²) in [5.74, 6) is 0. The van der Waals surface area contributed by atoms with Gasteiger partial charge in [-0.3, -0.25) is 0 Å². The number of rotatable bonds is 0. The van der Waals surface area contributed by atoms with Gasteiger partial charge in [0.1, 0.15) is 0 Å². The van der Waals surface area contributed by atoms with Crippen molar-refractivity contribution in [2.75, 3.05) is 0 Å². The summed E-state index contributed by atoms with van der Waals surface area (Å²) in [5, 5.41) is 0. The van der Waals surface area contributed by atoms with E-state index in [1.807, 2.05) is 0 Å². The van der Waals surface area contributed by atoms with Gasteiger partial charge in [0.25, 0.3) is 0 Å². The van der Waals surface area contributed by atoms with Gasteiger partial charge in [-0.15, -0.1) is 0 Å². The van der Waals surface area contributed by atoms with Crippen molar-refractivity contribution >= 4 is 37.2 Å². The summed E-state index contributed by atoms with van der Waals surface area (Å²) in [6, 6.07) is 0.